The molecule has 0 aromatic heterocycles. The van der Waals surface area contributed by atoms with E-state index >= 15 is 0 Å². The van der Waals surface area contributed by atoms with Crippen LogP contribution in [0.25, 0.3) is 0 Å². The van der Waals surface area contributed by atoms with Gasteiger partial charge in [-0.1, -0.05) is 28.1 Å². The Morgan fingerprint density at radius 1 is 0.963 bits per heavy atom. The molecular weight excluding hydrogens is 410 g/mol. The van der Waals surface area contributed by atoms with Crippen molar-refractivity contribution >= 4 is 21.8 Å². The number of benzene rings is 2. The quantitative estimate of drug-likeness (QED) is 0.796. The molecule has 6 heteroatoms. The third-order valence-electron chi connectivity index (χ3n) is 5.09. The molecule has 0 aliphatic carbocycles. The first-order chi connectivity index (χ1) is 13.2. The normalized spacial score (nSPS) is 18.4. The van der Waals surface area contributed by atoms with Crippen LogP contribution in [-0.2, 0) is 10.3 Å². The molecule has 1 fully saturated rings. The van der Waals surface area contributed by atoms with Crippen molar-refractivity contribution in [2.24, 2.45) is 0 Å². The van der Waals surface area contributed by atoms with Crippen LogP contribution in [-0.4, -0.2) is 32.3 Å². The Kier molecular flexibility index (Phi) is 5.36. The fourth-order valence-corrected chi connectivity index (χ4v) is 3.99. The fraction of sp³-hybridized carbons (Fsp3) is 0.381. The first kappa shape index (κ1) is 18.3. The maximum atomic E-state index is 13.1. The van der Waals surface area contributed by atoms with Crippen molar-refractivity contribution in [1.82, 2.24) is 5.32 Å². The number of fused-ring (bicyclic) bond motifs is 1. The summed E-state index contributed by atoms with van der Waals surface area (Å²) in [5.74, 6) is 1.20. The van der Waals surface area contributed by atoms with E-state index in [1.807, 2.05) is 18.2 Å². The molecule has 0 bridgehead atoms. The number of hydrogen-bond acceptors (Lipinski definition) is 4. The van der Waals surface area contributed by atoms with Crippen LogP contribution in [0.3, 0.4) is 0 Å². The Balaban J connectivity index is 1.62. The highest BCUT2D eigenvalue weighted by Gasteiger charge is 2.36. The molecule has 142 valence electrons. The maximum Gasteiger partial charge on any atom is 0.252 e. The van der Waals surface area contributed by atoms with Gasteiger partial charge in [0.25, 0.3) is 5.91 Å². The first-order valence-electron chi connectivity index (χ1n) is 9.22. The Hall–Kier alpha value is -2.05. The van der Waals surface area contributed by atoms with Gasteiger partial charge in [0.2, 0.25) is 0 Å². The molecule has 27 heavy (non-hydrogen) atoms. The predicted molar refractivity (Wildman–Crippen MR) is 105 cm³/mol. The topological polar surface area (TPSA) is 56.8 Å². The van der Waals surface area contributed by atoms with Crippen molar-refractivity contribution in [2.75, 3.05) is 26.4 Å². The van der Waals surface area contributed by atoms with Crippen molar-refractivity contribution < 1.29 is 19.0 Å². The van der Waals surface area contributed by atoms with Gasteiger partial charge in [-0.25, -0.2) is 0 Å². The summed E-state index contributed by atoms with van der Waals surface area (Å²) in [5, 5.41) is 3.28. The van der Waals surface area contributed by atoms with Crippen molar-refractivity contribution in [2.45, 2.75) is 24.8 Å². The lowest BCUT2D eigenvalue weighted by Crippen LogP contribution is -2.49. The minimum Gasteiger partial charge on any atom is -0.490 e. The SMILES string of the molecule is O=C(NC1(c2cccc(Br)c2)CCOCC1)c1ccc2c(c1)OCCCO2. The average Bonchev–Trinajstić information content (AvgIpc) is 2.93. The summed E-state index contributed by atoms with van der Waals surface area (Å²) >= 11 is 3.54. The second-order valence-electron chi connectivity index (χ2n) is 6.87. The summed E-state index contributed by atoms with van der Waals surface area (Å²) in [6.07, 6.45) is 2.31. The molecule has 2 aromatic rings. The van der Waals surface area contributed by atoms with Crippen molar-refractivity contribution in [1.29, 1.82) is 0 Å². The Bertz CT molecular complexity index is 833. The minimum absolute atomic E-state index is 0.118. The van der Waals surface area contributed by atoms with Crippen LogP contribution < -0.4 is 14.8 Å². The number of rotatable bonds is 3. The highest BCUT2D eigenvalue weighted by atomic mass is 79.9. The summed E-state index contributed by atoms with van der Waals surface area (Å²) in [7, 11) is 0. The van der Waals surface area contributed by atoms with E-state index in [9.17, 15) is 4.79 Å². The number of hydrogen-bond donors (Lipinski definition) is 1. The molecule has 0 saturated carbocycles. The molecule has 5 nitrogen and oxygen atoms in total. The zero-order chi connectivity index (χ0) is 18.7. The monoisotopic (exact) mass is 431 g/mol. The summed E-state index contributed by atoms with van der Waals surface area (Å²) in [4.78, 5) is 13.1. The molecule has 2 aliphatic heterocycles. The summed E-state index contributed by atoms with van der Waals surface area (Å²) < 4.78 is 17.9. The van der Waals surface area contributed by atoms with E-state index in [4.69, 9.17) is 14.2 Å². The van der Waals surface area contributed by atoms with Crippen molar-refractivity contribution in [3.05, 3.63) is 58.1 Å². The van der Waals surface area contributed by atoms with Crippen molar-refractivity contribution in [3.8, 4) is 11.5 Å². The molecule has 1 amide bonds. The number of ether oxygens (including phenoxy) is 3. The third kappa shape index (κ3) is 3.96. The number of halogens is 1. The van der Waals surface area contributed by atoms with Gasteiger partial charge < -0.3 is 19.5 Å². The molecular formula is C21H22BrNO4. The highest BCUT2D eigenvalue weighted by Crippen LogP contribution is 2.35. The lowest BCUT2D eigenvalue weighted by atomic mass is 9.82. The van der Waals surface area contributed by atoms with Crippen LogP contribution in [0.1, 0.15) is 35.2 Å². The molecule has 0 radical (unpaired) electrons. The van der Waals surface area contributed by atoms with E-state index in [1.54, 1.807) is 12.1 Å². The smallest absolute Gasteiger partial charge is 0.252 e. The van der Waals surface area contributed by atoms with Gasteiger partial charge in [-0.2, -0.15) is 0 Å². The fourth-order valence-electron chi connectivity index (χ4n) is 3.59. The molecule has 0 spiro atoms. The van der Waals surface area contributed by atoms with Crippen LogP contribution in [0.4, 0.5) is 0 Å². The van der Waals surface area contributed by atoms with E-state index in [0.29, 0.717) is 43.5 Å². The largest absolute Gasteiger partial charge is 0.490 e. The lowest BCUT2D eigenvalue weighted by molar-refractivity contribution is 0.0345. The number of nitrogens with one attached hydrogen (secondary N) is 1. The van der Waals surface area contributed by atoms with E-state index in [-0.39, 0.29) is 5.91 Å². The van der Waals surface area contributed by atoms with E-state index in [2.05, 4.69) is 33.4 Å². The molecule has 2 aromatic carbocycles. The average molecular weight is 432 g/mol. The first-order valence-corrected chi connectivity index (χ1v) is 10.0. The second kappa shape index (κ2) is 7.90. The third-order valence-corrected chi connectivity index (χ3v) is 5.58. The van der Waals surface area contributed by atoms with Gasteiger partial charge >= 0.3 is 0 Å². The lowest BCUT2D eigenvalue weighted by Gasteiger charge is -2.38. The zero-order valence-electron chi connectivity index (χ0n) is 15.0. The number of amides is 1. The van der Waals surface area contributed by atoms with E-state index in [1.165, 1.54) is 0 Å². The van der Waals surface area contributed by atoms with Gasteiger partial charge in [0, 0.05) is 29.7 Å². The Morgan fingerprint density at radius 3 is 2.52 bits per heavy atom. The zero-order valence-corrected chi connectivity index (χ0v) is 16.6. The minimum atomic E-state index is -0.441. The second-order valence-corrected chi connectivity index (χ2v) is 7.79. The maximum absolute atomic E-state index is 13.1. The van der Waals surface area contributed by atoms with E-state index < -0.39 is 5.54 Å². The molecule has 0 unspecified atom stereocenters. The Morgan fingerprint density at radius 2 is 1.74 bits per heavy atom. The molecule has 1 N–H and O–H groups in total. The van der Waals surface area contributed by atoms with Crippen LogP contribution in [0.5, 0.6) is 11.5 Å². The van der Waals surface area contributed by atoms with Crippen LogP contribution in [0.2, 0.25) is 0 Å². The molecule has 1 saturated heterocycles. The summed E-state index contributed by atoms with van der Waals surface area (Å²) in [6.45, 7) is 2.46. The predicted octanol–water partition coefficient (Wildman–Crippen LogP) is 4.05. The van der Waals surface area contributed by atoms with Gasteiger partial charge in [-0.15, -0.1) is 0 Å². The molecule has 2 heterocycles. The summed E-state index contributed by atoms with van der Waals surface area (Å²) in [6, 6.07) is 13.5. The van der Waals surface area contributed by atoms with Crippen LogP contribution in [0, 0.1) is 0 Å². The molecule has 4 rings (SSSR count). The van der Waals surface area contributed by atoms with Gasteiger partial charge in [0.1, 0.15) is 0 Å². The molecule has 2 aliphatic rings. The van der Waals surface area contributed by atoms with Crippen molar-refractivity contribution in [3.63, 3.8) is 0 Å². The molecule has 0 atom stereocenters. The van der Waals surface area contributed by atoms with Crippen LogP contribution in [0.15, 0.2) is 46.9 Å². The van der Waals surface area contributed by atoms with Gasteiger partial charge in [0.05, 0.1) is 18.8 Å². The summed E-state index contributed by atoms with van der Waals surface area (Å²) in [5.41, 5.74) is 1.21. The standard InChI is InChI=1S/C21H22BrNO4/c22-17-4-1-3-16(14-17)21(7-11-25-12-8-21)23-20(24)15-5-6-18-19(13-15)27-10-2-9-26-18/h1,3-6,13-14H,2,7-12H2,(H,23,24). The number of carbonyl (C=O) groups excluding carboxylic acids is 1. The van der Waals surface area contributed by atoms with Gasteiger partial charge in [0.15, 0.2) is 11.5 Å². The Labute approximate surface area is 167 Å². The van der Waals surface area contributed by atoms with Gasteiger partial charge in [-0.3, -0.25) is 4.79 Å². The number of carbonyl (C=O) groups is 1. The highest BCUT2D eigenvalue weighted by molar-refractivity contribution is 9.10. The van der Waals surface area contributed by atoms with Crippen LogP contribution >= 0.6 is 15.9 Å². The van der Waals surface area contributed by atoms with E-state index in [0.717, 1.165) is 29.3 Å². The van der Waals surface area contributed by atoms with Gasteiger partial charge in [-0.05, 0) is 48.7 Å².